The van der Waals surface area contributed by atoms with Crippen molar-refractivity contribution in [2.75, 3.05) is 13.2 Å². The summed E-state index contributed by atoms with van der Waals surface area (Å²) >= 11 is 0. The molecule has 106 valence electrons. The number of rotatable bonds is 5. The highest BCUT2D eigenvalue weighted by atomic mass is 19.4. The van der Waals surface area contributed by atoms with Gasteiger partial charge in [-0.25, -0.2) is 0 Å². The second kappa shape index (κ2) is 5.75. The fraction of sp³-hybridized carbons (Fsp3) is 0.900. The summed E-state index contributed by atoms with van der Waals surface area (Å²) in [5.41, 5.74) is 4.38. The first-order valence-corrected chi connectivity index (χ1v) is 5.75. The smallest absolute Gasteiger partial charge is 0.400 e. The second-order valence-corrected chi connectivity index (χ2v) is 4.65. The number of nitrogens with zero attached hydrogens (tertiary/aromatic N) is 1. The van der Waals surface area contributed by atoms with Crippen LogP contribution in [0, 0.1) is 5.92 Å². The van der Waals surface area contributed by atoms with Crippen molar-refractivity contribution < 1.29 is 23.5 Å². The SMILES string of the molecule is NC(=NO)C(CNC1(CO)CCCC1)C(F)(F)F. The van der Waals surface area contributed by atoms with Gasteiger partial charge < -0.3 is 21.4 Å². The number of hydrogen-bond acceptors (Lipinski definition) is 4. The van der Waals surface area contributed by atoms with E-state index in [1.54, 1.807) is 0 Å². The van der Waals surface area contributed by atoms with Crippen LogP contribution in [0.15, 0.2) is 5.16 Å². The van der Waals surface area contributed by atoms with Gasteiger partial charge in [0.2, 0.25) is 0 Å². The van der Waals surface area contributed by atoms with Crippen molar-refractivity contribution in [2.24, 2.45) is 16.8 Å². The lowest BCUT2D eigenvalue weighted by Gasteiger charge is -2.30. The fourth-order valence-corrected chi connectivity index (χ4v) is 2.22. The van der Waals surface area contributed by atoms with E-state index < -0.39 is 30.0 Å². The highest BCUT2D eigenvalue weighted by Gasteiger charge is 2.44. The Labute approximate surface area is 103 Å². The van der Waals surface area contributed by atoms with E-state index in [0.29, 0.717) is 12.8 Å². The molecule has 0 spiro atoms. The number of alkyl halides is 3. The van der Waals surface area contributed by atoms with Gasteiger partial charge in [0, 0.05) is 12.1 Å². The van der Waals surface area contributed by atoms with Gasteiger partial charge >= 0.3 is 6.18 Å². The normalized spacial score (nSPS) is 22.1. The molecule has 5 N–H and O–H groups in total. The third-order valence-electron chi connectivity index (χ3n) is 3.41. The minimum atomic E-state index is -4.58. The first kappa shape index (κ1) is 15.0. The topological polar surface area (TPSA) is 90.9 Å². The maximum absolute atomic E-state index is 12.7. The van der Waals surface area contributed by atoms with Crippen molar-refractivity contribution >= 4 is 5.84 Å². The van der Waals surface area contributed by atoms with Gasteiger partial charge in [-0.3, -0.25) is 0 Å². The summed E-state index contributed by atoms with van der Waals surface area (Å²) in [6, 6.07) is 0. The maximum atomic E-state index is 12.7. The summed E-state index contributed by atoms with van der Waals surface area (Å²) < 4.78 is 38.1. The number of halogens is 3. The summed E-state index contributed by atoms with van der Waals surface area (Å²) in [7, 11) is 0. The largest absolute Gasteiger partial charge is 0.409 e. The zero-order valence-corrected chi connectivity index (χ0v) is 9.87. The molecule has 1 atom stereocenters. The molecule has 1 unspecified atom stereocenters. The Balaban J connectivity index is 2.68. The Morgan fingerprint density at radius 3 is 2.33 bits per heavy atom. The second-order valence-electron chi connectivity index (χ2n) is 4.65. The number of hydrogen-bond donors (Lipinski definition) is 4. The van der Waals surface area contributed by atoms with Crippen molar-refractivity contribution in [3.05, 3.63) is 0 Å². The number of nitrogens with two attached hydrogens (primary N) is 1. The van der Waals surface area contributed by atoms with Gasteiger partial charge in [-0.2, -0.15) is 13.2 Å². The molecule has 1 rings (SSSR count). The van der Waals surface area contributed by atoms with Gasteiger partial charge in [-0.05, 0) is 12.8 Å². The summed E-state index contributed by atoms with van der Waals surface area (Å²) in [5, 5.41) is 22.8. The third-order valence-corrected chi connectivity index (χ3v) is 3.41. The molecule has 0 bridgehead atoms. The average Bonchev–Trinajstić information content (AvgIpc) is 2.76. The Morgan fingerprint density at radius 2 is 1.94 bits per heavy atom. The molecule has 0 amide bonds. The zero-order valence-electron chi connectivity index (χ0n) is 9.87. The van der Waals surface area contributed by atoms with E-state index in [2.05, 4.69) is 10.5 Å². The Hall–Kier alpha value is -1.02. The van der Waals surface area contributed by atoms with Crippen molar-refractivity contribution in [1.29, 1.82) is 0 Å². The Bertz CT molecular complexity index is 301. The predicted molar refractivity (Wildman–Crippen MR) is 59.2 cm³/mol. The molecule has 18 heavy (non-hydrogen) atoms. The van der Waals surface area contributed by atoms with Gasteiger partial charge in [-0.15, -0.1) is 0 Å². The molecule has 5 nitrogen and oxygen atoms in total. The molecular weight excluding hydrogens is 251 g/mol. The predicted octanol–water partition coefficient (Wildman–Crippen LogP) is 0.806. The van der Waals surface area contributed by atoms with Crippen LogP contribution >= 0.6 is 0 Å². The van der Waals surface area contributed by atoms with Crippen LogP contribution in [0.4, 0.5) is 13.2 Å². The van der Waals surface area contributed by atoms with Gasteiger partial charge in [0.25, 0.3) is 0 Å². The Kier molecular flexibility index (Phi) is 4.80. The van der Waals surface area contributed by atoms with Crippen molar-refractivity contribution in [1.82, 2.24) is 5.32 Å². The van der Waals surface area contributed by atoms with Gasteiger partial charge in [0.05, 0.1) is 6.61 Å². The minimum absolute atomic E-state index is 0.215. The first-order chi connectivity index (χ1) is 8.34. The third kappa shape index (κ3) is 3.49. The van der Waals surface area contributed by atoms with E-state index in [-0.39, 0.29) is 6.61 Å². The van der Waals surface area contributed by atoms with Crippen molar-refractivity contribution in [2.45, 2.75) is 37.4 Å². The molecular formula is C10H18F3N3O2. The highest BCUT2D eigenvalue weighted by molar-refractivity contribution is 5.83. The van der Waals surface area contributed by atoms with E-state index >= 15 is 0 Å². The monoisotopic (exact) mass is 269 g/mol. The minimum Gasteiger partial charge on any atom is -0.409 e. The summed E-state index contributed by atoms with van der Waals surface area (Å²) in [4.78, 5) is 0. The Morgan fingerprint density at radius 1 is 1.39 bits per heavy atom. The van der Waals surface area contributed by atoms with Crippen LogP contribution in [-0.2, 0) is 0 Å². The average molecular weight is 269 g/mol. The first-order valence-electron chi connectivity index (χ1n) is 5.75. The molecule has 0 heterocycles. The molecule has 0 aromatic carbocycles. The number of aliphatic hydroxyl groups is 1. The highest BCUT2D eigenvalue weighted by Crippen LogP contribution is 2.31. The maximum Gasteiger partial charge on any atom is 0.400 e. The lowest BCUT2D eigenvalue weighted by molar-refractivity contribution is -0.156. The molecule has 0 aliphatic heterocycles. The number of oxime groups is 1. The summed E-state index contributed by atoms with van der Waals surface area (Å²) in [6.07, 6.45) is -1.59. The standard InChI is InChI=1S/C10H18F3N3O2/c11-10(12,13)7(8(14)16-18)5-15-9(6-17)3-1-2-4-9/h7,15,17-18H,1-6H2,(H2,14,16). The number of amidine groups is 1. The van der Waals surface area contributed by atoms with Crippen LogP contribution < -0.4 is 11.1 Å². The van der Waals surface area contributed by atoms with Crippen LogP contribution in [0.5, 0.6) is 0 Å². The quantitative estimate of drug-likeness (QED) is 0.257. The fourth-order valence-electron chi connectivity index (χ4n) is 2.22. The van der Waals surface area contributed by atoms with Crippen LogP contribution in [0.2, 0.25) is 0 Å². The van der Waals surface area contributed by atoms with E-state index in [0.717, 1.165) is 12.8 Å². The molecule has 1 aliphatic carbocycles. The molecule has 8 heteroatoms. The van der Waals surface area contributed by atoms with Crippen LogP contribution in [0.3, 0.4) is 0 Å². The van der Waals surface area contributed by atoms with Gasteiger partial charge in [-0.1, -0.05) is 18.0 Å². The molecule has 0 aromatic rings. The number of aliphatic hydroxyl groups excluding tert-OH is 1. The molecule has 0 saturated heterocycles. The van der Waals surface area contributed by atoms with E-state index in [4.69, 9.17) is 10.9 Å². The molecule has 0 aromatic heterocycles. The van der Waals surface area contributed by atoms with Gasteiger partial charge in [0.15, 0.2) is 5.84 Å². The van der Waals surface area contributed by atoms with E-state index in [1.165, 1.54) is 0 Å². The lowest BCUT2D eigenvalue weighted by atomic mass is 9.97. The molecule has 1 aliphatic rings. The van der Waals surface area contributed by atoms with Crippen molar-refractivity contribution in [3.8, 4) is 0 Å². The number of nitrogens with one attached hydrogen (secondary N) is 1. The summed E-state index contributed by atoms with van der Waals surface area (Å²) in [6.45, 7) is -0.715. The molecule has 0 radical (unpaired) electrons. The van der Waals surface area contributed by atoms with E-state index in [1.807, 2.05) is 0 Å². The summed E-state index contributed by atoms with van der Waals surface area (Å²) in [5.74, 6) is -2.92. The van der Waals surface area contributed by atoms with Gasteiger partial charge in [0.1, 0.15) is 5.92 Å². The van der Waals surface area contributed by atoms with Crippen molar-refractivity contribution in [3.63, 3.8) is 0 Å². The zero-order chi connectivity index (χ0) is 13.8. The molecule has 1 fully saturated rings. The van der Waals surface area contributed by atoms with Crippen LogP contribution in [0.25, 0.3) is 0 Å². The van der Waals surface area contributed by atoms with E-state index in [9.17, 15) is 18.3 Å². The molecule has 1 saturated carbocycles. The van der Waals surface area contributed by atoms with Crippen LogP contribution in [-0.4, -0.2) is 41.0 Å². The lowest BCUT2D eigenvalue weighted by Crippen LogP contribution is -2.52. The van der Waals surface area contributed by atoms with Crippen LogP contribution in [0.1, 0.15) is 25.7 Å².